The summed E-state index contributed by atoms with van der Waals surface area (Å²) in [5.41, 5.74) is 0. The van der Waals surface area contributed by atoms with E-state index in [4.69, 9.17) is 18.5 Å². The molecule has 0 rings (SSSR count). The summed E-state index contributed by atoms with van der Waals surface area (Å²) in [4.78, 5) is 35.1. The predicted octanol–water partition coefficient (Wildman–Crippen LogP) is 13.2. The van der Waals surface area contributed by atoms with Gasteiger partial charge in [0.05, 0.1) is 27.7 Å². The standard InChI is InChI=1S/C45H90NO8P/c1-6-8-10-12-14-15-16-17-18-19-20-21-22-23-24-25-26-27-28-29-30-31-32-34-36-38-45(48)54-43(41-51-44(47)37-35-33-13-11-9-7-2)42-53-55(49,50)52-40-39-46(3,4)5/h43H,6-42H2,1-5H3/p+1. The Hall–Kier alpha value is -0.990. The van der Waals surface area contributed by atoms with E-state index >= 15 is 0 Å². The number of phosphoric ester groups is 1. The fourth-order valence-electron chi connectivity index (χ4n) is 6.72. The molecule has 0 aliphatic heterocycles. The SMILES string of the molecule is CCCCCCCCCCCCCCCCCCCCCCCCCCCC(=O)OC(COC(=O)CCCCCCCC)COP(=O)(O)OCC[N+](C)(C)C. The molecule has 9 nitrogen and oxygen atoms in total. The first-order valence-corrected chi connectivity index (χ1v) is 24.8. The number of nitrogens with zero attached hydrogens (tertiary/aromatic N) is 1. The molecule has 0 aliphatic carbocycles. The molecule has 2 unspecified atom stereocenters. The number of hydrogen-bond acceptors (Lipinski definition) is 7. The number of ether oxygens (including phenoxy) is 2. The molecular formula is C45H91NO8P+. The first-order chi connectivity index (χ1) is 26.5. The van der Waals surface area contributed by atoms with E-state index in [1.54, 1.807) is 0 Å². The van der Waals surface area contributed by atoms with Crippen molar-refractivity contribution in [1.29, 1.82) is 0 Å². The molecule has 0 aromatic carbocycles. The van der Waals surface area contributed by atoms with Crippen molar-refractivity contribution in [2.45, 2.75) is 232 Å². The van der Waals surface area contributed by atoms with Crippen molar-refractivity contribution in [2.24, 2.45) is 0 Å². The number of unbranched alkanes of at least 4 members (excludes halogenated alkanes) is 29. The number of phosphoric acid groups is 1. The molecule has 0 saturated heterocycles. The third-order valence-corrected chi connectivity index (χ3v) is 11.4. The Bertz CT molecular complexity index is 912. The number of quaternary nitrogens is 1. The normalized spacial score (nSPS) is 13.5. The average molecular weight is 805 g/mol. The Kier molecular flexibility index (Phi) is 37.8. The molecule has 10 heteroatoms. The van der Waals surface area contributed by atoms with Crippen LogP contribution in [0.3, 0.4) is 0 Å². The van der Waals surface area contributed by atoms with Gasteiger partial charge in [-0.2, -0.15) is 0 Å². The van der Waals surface area contributed by atoms with Crippen LogP contribution in [0.1, 0.15) is 226 Å². The number of rotatable bonds is 43. The van der Waals surface area contributed by atoms with Crippen molar-refractivity contribution in [3.8, 4) is 0 Å². The van der Waals surface area contributed by atoms with E-state index in [2.05, 4.69) is 13.8 Å². The molecule has 0 aromatic rings. The first-order valence-electron chi connectivity index (χ1n) is 23.3. The van der Waals surface area contributed by atoms with Crippen LogP contribution in [0.25, 0.3) is 0 Å². The van der Waals surface area contributed by atoms with Crippen LogP contribution in [0.15, 0.2) is 0 Å². The van der Waals surface area contributed by atoms with Crippen molar-refractivity contribution < 1.29 is 42.1 Å². The van der Waals surface area contributed by atoms with Crippen LogP contribution in [-0.4, -0.2) is 74.9 Å². The number of likely N-dealkylation sites (N-methyl/N-ethyl adjacent to an activating group) is 1. The number of carbonyl (C=O) groups is 2. The third-order valence-electron chi connectivity index (χ3n) is 10.4. The molecule has 2 atom stereocenters. The number of esters is 2. The van der Waals surface area contributed by atoms with Gasteiger partial charge >= 0.3 is 19.8 Å². The van der Waals surface area contributed by atoms with Crippen LogP contribution in [-0.2, 0) is 32.7 Å². The Balaban J connectivity index is 4.00. The second-order valence-electron chi connectivity index (χ2n) is 17.2. The summed E-state index contributed by atoms with van der Waals surface area (Å²) in [5.74, 6) is -0.795. The van der Waals surface area contributed by atoms with Gasteiger partial charge in [-0.05, 0) is 12.8 Å². The summed E-state index contributed by atoms with van der Waals surface area (Å²) >= 11 is 0. The maximum absolute atomic E-state index is 12.6. The summed E-state index contributed by atoms with van der Waals surface area (Å²) in [7, 11) is 1.49. The minimum atomic E-state index is -4.36. The van der Waals surface area contributed by atoms with Crippen LogP contribution in [0.5, 0.6) is 0 Å². The summed E-state index contributed by atoms with van der Waals surface area (Å²) < 4.78 is 34.1. The highest BCUT2D eigenvalue weighted by molar-refractivity contribution is 7.47. The summed E-state index contributed by atoms with van der Waals surface area (Å²) in [6.45, 7) is 4.39. The van der Waals surface area contributed by atoms with Gasteiger partial charge in [-0.15, -0.1) is 0 Å². The van der Waals surface area contributed by atoms with Crippen LogP contribution >= 0.6 is 7.82 Å². The summed E-state index contributed by atoms with van der Waals surface area (Å²) in [6, 6.07) is 0. The van der Waals surface area contributed by atoms with Crippen LogP contribution in [0.4, 0.5) is 0 Å². The molecule has 0 saturated carbocycles. The van der Waals surface area contributed by atoms with E-state index in [-0.39, 0.29) is 25.6 Å². The highest BCUT2D eigenvalue weighted by Crippen LogP contribution is 2.43. The molecule has 0 heterocycles. The van der Waals surface area contributed by atoms with Crippen molar-refractivity contribution >= 4 is 19.8 Å². The van der Waals surface area contributed by atoms with Gasteiger partial charge in [0.2, 0.25) is 0 Å². The molecule has 0 bridgehead atoms. The fraction of sp³-hybridized carbons (Fsp3) is 0.956. The van der Waals surface area contributed by atoms with Gasteiger partial charge in [-0.25, -0.2) is 4.57 Å². The van der Waals surface area contributed by atoms with Gasteiger partial charge in [0, 0.05) is 12.8 Å². The second-order valence-corrected chi connectivity index (χ2v) is 18.6. The molecule has 0 spiro atoms. The molecule has 0 aromatic heterocycles. The minimum absolute atomic E-state index is 0.0363. The highest BCUT2D eigenvalue weighted by Gasteiger charge is 2.27. The lowest BCUT2D eigenvalue weighted by Crippen LogP contribution is -2.37. The van der Waals surface area contributed by atoms with Gasteiger partial charge in [0.15, 0.2) is 6.10 Å². The molecule has 0 amide bonds. The van der Waals surface area contributed by atoms with Gasteiger partial charge in [-0.3, -0.25) is 18.6 Å². The number of carbonyl (C=O) groups excluding carboxylic acids is 2. The number of hydrogen-bond donors (Lipinski definition) is 1. The Morgan fingerprint density at radius 3 is 1.16 bits per heavy atom. The van der Waals surface area contributed by atoms with Gasteiger partial charge in [0.25, 0.3) is 0 Å². The van der Waals surface area contributed by atoms with E-state index in [1.165, 1.54) is 161 Å². The monoisotopic (exact) mass is 805 g/mol. The quantitative estimate of drug-likeness (QED) is 0.0281. The lowest BCUT2D eigenvalue weighted by Gasteiger charge is -2.24. The largest absolute Gasteiger partial charge is 0.472 e. The maximum atomic E-state index is 12.6. The maximum Gasteiger partial charge on any atom is 0.472 e. The zero-order valence-corrected chi connectivity index (χ0v) is 37.8. The van der Waals surface area contributed by atoms with Crippen LogP contribution in [0, 0.1) is 0 Å². The average Bonchev–Trinajstić information content (AvgIpc) is 3.13. The second kappa shape index (κ2) is 38.5. The van der Waals surface area contributed by atoms with Crippen LogP contribution < -0.4 is 0 Å². The molecule has 0 radical (unpaired) electrons. The molecule has 55 heavy (non-hydrogen) atoms. The van der Waals surface area contributed by atoms with Crippen molar-refractivity contribution in [1.82, 2.24) is 0 Å². The predicted molar refractivity (Wildman–Crippen MR) is 229 cm³/mol. The van der Waals surface area contributed by atoms with Crippen molar-refractivity contribution in [3.63, 3.8) is 0 Å². The molecule has 0 aliphatic rings. The first kappa shape index (κ1) is 54.0. The summed E-state index contributed by atoms with van der Waals surface area (Å²) in [5, 5.41) is 0. The zero-order chi connectivity index (χ0) is 40.7. The van der Waals surface area contributed by atoms with Crippen molar-refractivity contribution in [3.05, 3.63) is 0 Å². The smallest absolute Gasteiger partial charge is 0.462 e. The topological polar surface area (TPSA) is 108 Å². The molecular weight excluding hydrogens is 713 g/mol. The zero-order valence-electron chi connectivity index (χ0n) is 36.9. The Morgan fingerprint density at radius 2 is 0.818 bits per heavy atom. The lowest BCUT2D eigenvalue weighted by atomic mass is 10.0. The van der Waals surface area contributed by atoms with E-state index < -0.39 is 26.5 Å². The lowest BCUT2D eigenvalue weighted by molar-refractivity contribution is -0.870. The van der Waals surface area contributed by atoms with Gasteiger partial charge < -0.3 is 18.9 Å². The Morgan fingerprint density at radius 1 is 0.491 bits per heavy atom. The molecule has 328 valence electrons. The van der Waals surface area contributed by atoms with Gasteiger partial charge in [-0.1, -0.05) is 200 Å². The van der Waals surface area contributed by atoms with E-state index in [0.29, 0.717) is 17.4 Å². The Labute approximate surface area is 340 Å². The van der Waals surface area contributed by atoms with E-state index in [9.17, 15) is 19.0 Å². The molecule has 0 fully saturated rings. The highest BCUT2D eigenvalue weighted by atomic mass is 31.2. The summed E-state index contributed by atoms with van der Waals surface area (Å²) in [6.07, 6.45) is 39.1. The van der Waals surface area contributed by atoms with Crippen LogP contribution in [0.2, 0.25) is 0 Å². The third kappa shape index (κ3) is 42.4. The fourth-order valence-corrected chi connectivity index (χ4v) is 7.46. The van der Waals surface area contributed by atoms with E-state index in [0.717, 1.165) is 38.5 Å². The van der Waals surface area contributed by atoms with Gasteiger partial charge in [0.1, 0.15) is 19.8 Å². The van der Waals surface area contributed by atoms with Crippen molar-refractivity contribution in [2.75, 3.05) is 47.5 Å². The minimum Gasteiger partial charge on any atom is -0.462 e. The van der Waals surface area contributed by atoms with E-state index in [1.807, 2.05) is 21.1 Å². The molecule has 1 N–H and O–H groups in total.